The van der Waals surface area contributed by atoms with Crippen molar-refractivity contribution in [1.82, 2.24) is 4.90 Å². The summed E-state index contributed by atoms with van der Waals surface area (Å²) in [7, 11) is 3.29. The SMILES string of the molecule is COc1ccc2c(c1)C(Br)C(C(Nc1ccc(C(=O)N(C)CCC(=O)O)cc1)C1CCCCC1)O2. The molecule has 0 radical (unpaired) electrons. The summed E-state index contributed by atoms with van der Waals surface area (Å²) < 4.78 is 11.9. The maximum absolute atomic E-state index is 12.6. The van der Waals surface area contributed by atoms with E-state index in [0.29, 0.717) is 11.5 Å². The molecular formula is C27H33BrN2O5. The number of anilines is 1. The van der Waals surface area contributed by atoms with Crippen LogP contribution < -0.4 is 14.8 Å². The second-order valence-electron chi connectivity index (χ2n) is 9.40. The third kappa shape index (κ3) is 5.92. The average Bonchev–Trinajstić information content (AvgIpc) is 3.21. The first-order chi connectivity index (χ1) is 16.9. The molecule has 1 saturated carbocycles. The predicted octanol–water partition coefficient (Wildman–Crippen LogP) is 5.50. The van der Waals surface area contributed by atoms with Gasteiger partial charge in [-0.1, -0.05) is 35.2 Å². The lowest BCUT2D eigenvalue weighted by Crippen LogP contribution is -2.44. The standard InChI is InChI=1S/C27H33BrN2O5/c1-30(15-14-23(31)32)27(33)18-8-10-19(11-9-18)29-25(17-6-4-3-5-7-17)26-24(28)21-16-20(34-2)12-13-22(21)35-26/h8-13,16-17,24-26,29H,3-7,14-15H2,1-2H3,(H,31,32). The molecule has 1 aliphatic carbocycles. The van der Waals surface area contributed by atoms with Crippen molar-refractivity contribution in [3.63, 3.8) is 0 Å². The number of rotatable bonds is 9. The summed E-state index contributed by atoms with van der Waals surface area (Å²) in [5, 5.41) is 12.6. The summed E-state index contributed by atoms with van der Waals surface area (Å²) in [6, 6.07) is 13.5. The fourth-order valence-corrected chi connectivity index (χ4v) is 5.86. The molecule has 2 aromatic carbocycles. The van der Waals surface area contributed by atoms with Crippen molar-refractivity contribution in [2.45, 2.75) is 55.5 Å². The van der Waals surface area contributed by atoms with Gasteiger partial charge in [0.1, 0.15) is 17.6 Å². The molecule has 3 unspecified atom stereocenters. The summed E-state index contributed by atoms with van der Waals surface area (Å²) in [5.41, 5.74) is 2.57. The van der Waals surface area contributed by atoms with Crippen molar-refractivity contribution in [1.29, 1.82) is 0 Å². The van der Waals surface area contributed by atoms with Crippen LogP contribution in [0.4, 0.5) is 5.69 Å². The van der Waals surface area contributed by atoms with E-state index in [4.69, 9.17) is 14.6 Å². The molecule has 188 valence electrons. The van der Waals surface area contributed by atoms with Crippen molar-refractivity contribution in [3.8, 4) is 11.5 Å². The molecule has 4 rings (SSSR count). The van der Waals surface area contributed by atoms with Crippen molar-refractivity contribution in [2.75, 3.05) is 26.0 Å². The Labute approximate surface area is 214 Å². The lowest BCUT2D eigenvalue weighted by atomic mass is 9.80. The number of amides is 1. The molecule has 2 aliphatic rings. The maximum Gasteiger partial charge on any atom is 0.305 e. The van der Waals surface area contributed by atoms with Gasteiger partial charge in [0.05, 0.1) is 24.4 Å². The number of carbonyl (C=O) groups excluding carboxylic acids is 1. The number of nitrogens with zero attached hydrogens (tertiary/aromatic N) is 1. The van der Waals surface area contributed by atoms with Gasteiger partial charge in [0.15, 0.2) is 0 Å². The number of alkyl halides is 1. The van der Waals surface area contributed by atoms with Crippen LogP contribution in [-0.4, -0.2) is 54.7 Å². The van der Waals surface area contributed by atoms with E-state index in [1.807, 2.05) is 30.3 Å². The molecule has 2 N–H and O–H groups in total. The van der Waals surface area contributed by atoms with Gasteiger partial charge in [0.2, 0.25) is 0 Å². The molecule has 8 heteroatoms. The molecule has 1 aliphatic heterocycles. The topological polar surface area (TPSA) is 88.1 Å². The van der Waals surface area contributed by atoms with E-state index in [2.05, 4.69) is 21.2 Å². The molecule has 3 atom stereocenters. The van der Waals surface area contributed by atoms with E-state index < -0.39 is 5.97 Å². The zero-order valence-electron chi connectivity index (χ0n) is 20.2. The molecule has 0 saturated heterocycles. The number of aliphatic carboxylic acids is 1. The largest absolute Gasteiger partial charge is 0.497 e. The smallest absolute Gasteiger partial charge is 0.305 e. The minimum Gasteiger partial charge on any atom is -0.497 e. The van der Waals surface area contributed by atoms with Crippen molar-refractivity contribution >= 4 is 33.5 Å². The van der Waals surface area contributed by atoms with E-state index in [0.717, 1.165) is 35.6 Å². The van der Waals surface area contributed by atoms with E-state index in [9.17, 15) is 9.59 Å². The Balaban J connectivity index is 1.50. The normalized spacial score (nSPS) is 20.4. The fourth-order valence-electron chi connectivity index (χ4n) is 5.06. The van der Waals surface area contributed by atoms with Gasteiger partial charge in [-0.3, -0.25) is 9.59 Å². The highest BCUT2D eigenvalue weighted by molar-refractivity contribution is 9.09. The number of benzene rings is 2. The van der Waals surface area contributed by atoms with Gasteiger partial charge in [-0.05, 0) is 61.2 Å². The van der Waals surface area contributed by atoms with Crippen LogP contribution in [0.1, 0.15) is 59.3 Å². The van der Waals surface area contributed by atoms with Crippen LogP contribution in [0.15, 0.2) is 42.5 Å². The molecule has 0 aromatic heterocycles. The first-order valence-electron chi connectivity index (χ1n) is 12.2. The molecule has 2 aromatic rings. The number of hydrogen-bond acceptors (Lipinski definition) is 5. The Morgan fingerprint density at radius 2 is 1.89 bits per heavy atom. The zero-order chi connectivity index (χ0) is 24.9. The van der Waals surface area contributed by atoms with Gasteiger partial charge in [0, 0.05) is 30.4 Å². The van der Waals surface area contributed by atoms with Gasteiger partial charge >= 0.3 is 5.97 Å². The van der Waals surface area contributed by atoms with E-state index >= 15 is 0 Å². The monoisotopic (exact) mass is 544 g/mol. The Kier molecular flexibility index (Phi) is 8.21. The molecule has 1 fully saturated rings. The van der Waals surface area contributed by atoms with E-state index in [1.165, 1.54) is 24.2 Å². The van der Waals surface area contributed by atoms with Crippen molar-refractivity contribution in [3.05, 3.63) is 53.6 Å². The quantitative estimate of drug-likeness (QED) is 0.405. The van der Waals surface area contributed by atoms with Crippen LogP contribution in [0.2, 0.25) is 0 Å². The molecule has 0 spiro atoms. The number of hydrogen-bond donors (Lipinski definition) is 2. The minimum absolute atomic E-state index is 0.0377. The number of fused-ring (bicyclic) bond motifs is 1. The van der Waals surface area contributed by atoms with Crippen LogP contribution in [-0.2, 0) is 4.79 Å². The molecule has 1 heterocycles. The molecule has 0 bridgehead atoms. The molecule has 35 heavy (non-hydrogen) atoms. The number of nitrogens with one attached hydrogen (secondary N) is 1. The first kappa shape index (κ1) is 25.4. The highest BCUT2D eigenvalue weighted by Crippen LogP contribution is 2.47. The molecule has 7 nitrogen and oxygen atoms in total. The van der Waals surface area contributed by atoms with E-state index in [-0.39, 0.29) is 35.8 Å². The molecular weight excluding hydrogens is 512 g/mol. The summed E-state index contributed by atoms with van der Waals surface area (Å²) >= 11 is 3.91. The maximum atomic E-state index is 12.6. The predicted molar refractivity (Wildman–Crippen MR) is 139 cm³/mol. The van der Waals surface area contributed by atoms with Gasteiger partial charge in [-0.2, -0.15) is 0 Å². The fraction of sp³-hybridized carbons (Fsp3) is 0.481. The number of carboxylic acid groups (broad SMARTS) is 1. The number of methoxy groups -OCH3 is 1. The lowest BCUT2D eigenvalue weighted by molar-refractivity contribution is -0.137. The highest BCUT2D eigenvalue weighted by Gasteiger charge is 2.42. The van der Waals surface area contributed by atoms with Gasteiger partial charge in [-0.15, -0.1) is 0 Å². The lowest BCUT2D eigenvalue weighted by Gasteiger charge is -2.36. The van der Waals surface area contributed by atoms with Crippen molar-refractivity contribution < 1.29 is 24.2 Å². The first-order valence-corrected chi connectivity index (χ1v) is 13.1. The second kappa shape index (κ2) is 11.3. The zero-order valence-corrected chi connectivity index (χ0v) is 21.8. The van der Waals surface area contributed by atoms with Crippen LogP contribution in [0, 0.1) is 5.92 Å². The van der Waals surface area contributed by atoms with Gasteiger partial charge < -0.3 is 24.8 Å². The van der Waals surface area contributed by atoms with Crippen molar-refractivity contribution in [2.24, 2.45) is 5.92 Å². The molecule has 1 amide bonds. The highest BCUT2D eigenvalue weighted by atomic mass is 79.9. The Morgan fingerprint density at radius 3 is 2.54 bits per heavy atom. The summed E-state index contributed by atoms with van der Waals surface area (Å²) in [5.74, 6) is 1.07. The average molecular weight is 545 g/mol. The third-order valence-electron chi connectivity index (χ3n) is 7.05. The Morgan fingerprint density at radius 1 is 1.17 bits per heavy atom. The number of halogens is 1. The summed E-state index contributed by atoms with van der Waals surface area (Å²) in [6.07, 6.45) is 5.87. The third-order valence-corrected chi connectivity index (χ3v) is 8.06. The summed E-state index contributed by atoms with van der Waals surface area (Å²) in [6.45, 7) is 0.176. The Hall–Kier alpha value is -2.74. The Bertz CT molecular complexity index is 1040. The van der Waals surface area contributed by atoms with Crippen LogP contribution in [0.5, 0.6) is 11.5 Å². The van der Waals surface area contributed by atoms with E-state index in [1.54, 1.807) is 26.3 Å². The van der Waals surface area contributed by atoms with Crippen LogP contribution in [0.25, 0.3) is 0 Å². The number of carbonyl (C=O) groups is 2. The van der Waals surface area contributed by atoms with Gasteiger partial charge in [0.25, 0.3) is 5.91 Å². The second-order valence-corrected chi connectivity index (χ2v) is 10.4. The number of ether oxygens (including phenoxy) is 2. The van der Waals surface area contributed by atoms with Crippen LogP contribution in [0.3, 0.4) is 0 Å². The number of carboxylic acids is 1. The van der Waals surface area contributed by atoms with Gasteiger partial charge in [-0.25, -0.2) is 0 Å². The van der Waals surface area contributed by atoms with Crippen LogP contribution >= 0.6 is 15.9 Å². The summed E-state index contributed by atoms with van der Waals surface area (Å²) in [4.78, 5) is 24.9. The minimum atomic E-state index is -0.919.